The fraction of sp³-hybridized carbons (Fsp3) is 0.167. The van der Waals surface area contributed by atoms with Crippen molar-refractivity contribution >= 4 is 40.7 Å². The Kier molecular flexibility index (Phi) is 6.35. The first-order valence-electron chi connectivity index (χ1n) is 9.84. The molecule has 33 heavy (non-hydrogen) atoms. The van der Waals surface area contributed by atoms with Gasteiger partial charge in [-0.15, -0.1) is 0 Å². The van der Waals surface area contributed by atoms with E-state index in [0.29, 0.717) is 17.1 Å². The fourth-order valence-electron chi connectivity index (χ4n) is 3.92. The fourth-order valence-corrected chi connectivity index (χ4v) is 4.49. The monoisotopic (exact) mass is 487 g/mol. The van der Waals surface area contributed by atoms with Crippen molar-refractivity contribution < 1.29 is 28.6 Å². The van der Waals surface area contributed by atoms with Crippen LogP contribution in [0.4, 0.5) is 0 Å². The lowest BCUT2D eigenvalue weighted by Gasteiger charge is -2.26. The zero-order valence-corrected chi connectivity index (χ0v) is 19.2. The first kappa shape index (κ1) is 22.8. The number of aliphatic hydroxyl groups is 1. The van der Waals surface area contributed by atoms with Crippen molar-refractivity contribution in [3.05, 3.63) is 87.3 Å². The van der Waals surface area contributed by atoms with Gasteiger partial charge in [0.1, 0.15) is 23.0 Å². The van der Waals surface area contributed by atoms with E-state index in [0.717, 1.165) is 0 Å². The molecule has 1 saturated heterocycles. The Morgan fingerprint density at radius 3 is 2.52 bits per heavy atom. The van der Waals surface area contributed by atoms with Gasteiger partial charge >= 0.3 is 0 Å². The normalized spacial score (nSPS) is 17.5. The lowest BCUT2D eigenvalue weighted by molar-refractivity contribution is -0.140. The van der Waals surface area contributed by atoms with E-state index in [1.165, 1.54) is 37.5 Å². The molecule has 7 nitrogen and oxygen atoms in total. The van der Waals surface area contributed by atoms with E-state index in [2.05, 4.69) is 0 Å². The largest absolute Gasteiger partial charge is 0.507 e. The SMILES string of the molecule is COc1ccccc1C1/C(=C(\O)c2cc(Cl)cc(Cl)c2OC)C(=O)C(=O)N1Cc1ccco1. The third-order valence-corrected chi connectivity index (χ3v) is 5.85. The van der Waals surface area contributed by atoms with E-state index >= 15 is 0 Å². The minimum absolute atomic E-state index is 0.00447. The number of rotatable bonds is 6. The number of hydrogen-bond acceptors (Lipinski definition) is 6. The van der Waals surface area contributed by atoms with Gasteiger partial charge in [0.15, 0.2) is 0 Å². The maximum Gasteiger partial charge on any atom is 0.296 e. The van der Waals surface area contributed by atoms with Crippen LogP contribution < -0.4 is 9.47 Å². The smallest absolute Gasteiger partial charge is 0.296 e. The number of methoxy groups -OCH3 is 2. The summed E-state index contributed by atoms with van der Waals surface area (Å²) in [7, 11) is 2.86. The highest BCUT2D eigenvalue weighted by Gasteiger charge is 2.47. The predicted molar refractivity (Wildman–Crippen MR) is 123 cm³/mol. The summed E-state index contributed by atoms with van der Waals surface area (Å²) in [6.45, 7) is 0.00447. The average Bonchev–Trinajstić information content (AvgIpc) is 3.40. The molecule has 1 aromatic heterocycles. The molecule has 1 aliphatic rings. The average molecular weight is 488 g/mol. The number of para-hydroxylation sites is 1. The summed E-state index contributed by atoms with van der Waals surface area (Å²) in [4.78, 5) is 27.7. The lowest BCUT2D eigenvalue weighted by atomic mass is 9.94. The van der Waals surface area contributed by atoms with Crippen LogP contribution in [-0.4, -0.2) is 35.9 Å². The number of ketones is 1. The van der Waals surface area contributed by atoms with Gasteiger partial charge in [-0.3, -0.25) is 9.59 Å². The van der Waals surface area contributed by atoms with Crippen molar-refractivity contribution in [1.82, 2.24) is 4.90 Å². The summed E-state index contributed by atoms with van der Waals surface area (Å²) in [5.74, 6) is -1.10. The van der Waals surface area contributed by atoms with Crippen LogP contribution in [0.15, 0.2) is 64.8 Å². The minimum atomic E-state index is -0.964. The number of furan rings is 1. The number of aliphatic hydroxyl groups excluding tert-OH is 1. The zero-order chi connectivity index (χ0) is 23.7. The Morgan fingerprint density at radius 2 is 1.85 bits per heavy atom. The lowest BCUT2D eigenvalue weighted by Crippen LogP contribution is -2.29. The van der Waals surface area contributed by atoms with E-state index in [9.17, 15) is 14.7 Å². The summed E-state index contributed by atoms with van der Waals surface area (Å²) in [6, 6.07) is 12.2. The molecule has 1 atom stereocenters. The molecule has 0 saturated carbocycles. The zero-order valence-electron chi connectivity index (χ0n) is 17.7. The number of nitrogens with zero attached hydrogens (tertiary/aromatic N) is 1. The Labute approximate surface area is 199 Å². The van der Waals surface area contributed by atoms with Crippen LogP contribution in [0.5, 0.6) is 11.5 Å². The maximum atomic E-state index is 13.2. The second-order valence-electron chi connectivity index (χ2n) is 7.22. The Bertz CT molecular complexity index is 1250. The molecule has 1 N–H and O–H groups in total. The molecule has 170 valence electrons. The van der Waals surface area contributed by atoms with Crippen LogP contribution in [-0.2, 0) is 16.1 Å². The molecule has 2 heterocycles. The molecule has 0 bridgehead atoms. The molecule has 3 aromatic rings. The van der Waals surface area contributed by atoms with Crippen LogP contribution in [0.2, 0.25) is 10.0 Å². The van der Waals surface area contributed by atoms with Crippen molar-refractivity contribution in [1.29, 1.82) is 0 Å². The van der Waals surface area contributed by atoms with Gasteiger partial charge in [0, 0.05) is 10.6 Å². The van der Waals surface area contributed by atoms with Gasteiger partial charge in [0.05, 0.1) is 49.2 Å². The van der Waals surface area contributed by atoms with E-state index in [1.807, 2.05) is 0 Å². The van der Waals surface area contributed by atoms with Crippen molar-refractivity contribution in [3.8, 4) is 11.5 Å². The van der Waals surface area contributed by atoms with Gasteiger partial charge in [-0.05, 0) is 30.3 Å². The van der Waals surface area contributed by atoms with Gasteiger partial charge < -0.3 is 23.9 Å². The topological polar surface area (TPSA) is 89.2 Å². The predicted octanol–water partition coefficient (Wildman–Crippen LogP) is 5.23. The quantitative estimate of drug-likeness (QED) is 0.291. The molecule has 0 spiro atoms. The summed E-state index contributed by atoms with van der Waals surface area (Å²) >= 11 is 12.4. The molecular weight excluding hydrogens is 469 g/mol. The van der Waals surface area contributed by atoms with Crippen LogP contribution in [0.1, 0.15) is 22.9 Å². The second-order valence-corrected chi connectivity index (χ2v) is 8.06. The van der Waals surface area contributed by atoms with Crippen molar-refractivity contribution in [2.45, 2.75) is 12.6 Å². The van der Waals surface area contributed by atoms with Gasteiger partial charge in [0.2, 0.25) is 0 Å². The number of likely N-dealkylation sites (tertiary alicyclic amines) is 1. The van der Waals surface area contributed by atoms with Crippen molar-refractivity contribution in [2.75, 3.05) is 14.2 Å². The molecule has 0 aliphatic carbocycles. The van der Waals surface area contributed by atoms with Crippen LogP contribution in [0, 0.1) is 0 Å². The maximum absolute atomic E-state index is 13.2. The highest BCUT2D eigenvalue weighted by atomic mass is 35.5. The minimum Gasteiger partial charge on any atom is -0.507 e. The van der Waals surface area contributed by atoms with Crippen LogP contribution in [0.3, 0.4) is 0 Å². The second kappa shape index (κ2) is 9.21. The first-order valence-corrected chi connectivity index (χ1v) is 10.6. The number of benzene rings is 2. The standard InChI is InChI=1S/C24H19Cl2NO6/c1-31-18-8-4-3-7-15(18)20-19(21(28)16-10-13(25)11-17(26)23(16)32-2)22(29)24(30)27(20)12-14-6-5-9-33-14/h3-11,20,28H,12H2,1-2H3/b21-19+. The highest BCUT2D eigenvalue weighted by Crippen LogP contribution is 2.45. The number of hydrogen-bond donors (Lipinski definition) is 1. The molecule has 1 amide bonds. The number of Topliss-reactive ketones (excluding diaryl/α,β-unsaturated/α-hetero) is 1. The molecule has 4 rings (SSSR count). The van der Waals surface area contributed by atoms with Crippen molar-refractivity contribution in [3.63, 3.8) is 0 Å². The molecule has 1 unspecified atom stereocenters. The van der Waals surface area contributed by atoms with Gasteiger partial charge in [-0.2, -0.15) is 0 Å². The van der Waals surface area contributed by atoms with Crippen LogP contribution in [0.25, 0.3) is 5.76 Å². The van der Waals surface area contributed by atoms with Gasteiger partial charge in [-0.25, -0.2) is 0 Å². The number of ether oxygens (including phenoxy) is 2. The summed E-state index contributed by atoms with van der Waals surface area (Å²) < 4.78 is 16.2. The number of amides is 1. The molecule has 1 fully saturated rings. The first-order chi connectivity index (χ1) is 15.9. The Hall–Kier alpha value is -3.42. The summed E-state index contributed by atoms with van der Waals surface area (Å²) in [5.41, 5.74) is 0.456. The summed E-state index contributed by atoms with van der Waals surface area (Å²) in [6.07, 6.45) is 1.48. The number of carbonyl (C=O) groups excluding carboxylic acids is 2. The molecule has 0 radical (unpaired) electrons. The Balaban J connectivity index is 1.97. The molecule has 1 aliphatic heterocycles. The van der Waals surface area contributed by atoms with Gasteiger partial charge in [0.25, 0.3) is 11.7 Å². The van der Waals surface area contributed by atoms with E-state index in [-0.39, 0.29) is 33.5 Å². The molecular formula is C24H19Cl2NO6. The summed E-state index contributed by atoms with van der Waals surface area (Å²) in [5, 5.41) is 11.7. The van der Waals surface area contributed by atoms with E-state index in [1.54, 1.807) is 36.4 Å². The van der Waals surface area contributed by atoms with Gasteiger partial charge in [-0.1, -0.05) is 41.4 Å². The number of carbonyl (C=O) groups is 2. The molecule has 9 heteroatoms. The Morgan fingerprint density at radius 1 is 1.09 bits per heavy atom. The van der Waals surface area contributed by atoms with E-state index in [4.69, 9.17) is 37.1 Å². The third-order valence-electron chi connectivity index (χ3n) is 5.35. The molecule has 2 aromatic carbocycles. The highest BCUT2D eigenvalue weighted by molar-refractivity contribution is 6.46. The number of halogens is 2. The van der Waals surface area contributed by atoms with Crippen LogP contribution >= 0.6 is 23.2 Å². The van der Waals surface area contributed by atoms with E-state index < -0.39 is 23.5 Å². The third kappa shape index (κ3) is 4.05. The van der Waals surface area contributed by atoms with Crippen molar-refractivity contribution in [2.24, 2.45) is 0 Å².